The molecule has 2 rings (SSSR count). The van der Waals surface area contributed by atoms with Crippen LogP contribution in [0.2, 0.25) is 0 Å². The quantitative estimate of drug-likeness (QED) is 0.400. The van der Waals surface area contributed by atoms with Crippen LogP contribution in [0.4, 0.5) is 8.78 Å². The molecule has 1 aliphatic rings. The summed E-state index contributed by atoms with van der Waals surface area (Å²) in [5.74, 6) is -0.682. The molecule has 0 aromatic heterocycles. The first kappa shape index (κ1) is 19.4. The summed E-state index contributed by atoms with van der Waals surface area (Å²) in [7, 11) is 1.67. The number of guanidine groups is 1. The minimum absolute atomic E-state index is 0.0270. The molecule has 0 radical (unpaired) electrons. The van der Waals surface area contributed by atoms with E-state index in [4.69, 9.17) is 14.2 Å². The number of rotatable bonds is 9. The summed E-state index contributed by atoms with van der Waals surface area (Å²) in [5.41, 5.74) is 0. The van der Waals surface area contributed by atoms with E-state index >= 15 is 0 Å². The second-order valence-electron chi connectivity index (χ2n) is 5.56. The monoisotopic (exact) mass is 357 g/mol. The van der Waals surface area contributed by atoms with Gasteiger partial charge >= 0.3 is 0 Å². The zero-order valence-electron chi connectivity index (χ0n) is 14.4. The fourth-order valence-corrected chi connectivity index (χ4v) is 2.32. The van der Waals surface area contributed by atoms with Crippen molar-refractivity contribution in [3.05, 3.63) is 29.8 Å². The largest absolute Gasteiger partial charge is 0.489 e. The van der Waals surface area contributed by atoms with Crippen LogP contribution in [0, 0.1) is 11.6 Å². The fourth-order valence-electron chi connectivity index (χ4n) is 2.32. The molecule has 0 saturated carbocycles. The lowest BCUT2D eigenvalue weighted by Crippen LogP contribution is -2.40. The molecule has 0 spiro atoms. The van der Waals surface area contributed by atoms with Crippen molar-refractivity contribution in [2.24, 2.45) is 4.99 Å². The van der Waals surface area contributed by atoms with Crippen LogP contribution in [0.1, 0.15) is 12.8 Å². The van der Waals surface area contributed by atoms with Crippen molar-refractivity contribution >= 4 is 5.96 Å². The van der Waals surface area contributed by atoms with E-state index in [0.717, 1.165) is 38.1 Å². The van der Waals surface area contributed by atoms with Crippen molar-refractivity contribution in [2.45, 2.75) is 18.9 Å². The molecule has 1 aromatic carbocycles. The van der Waals surface area contributed by atoms with Crippen molar-refractivity contribution in [1.82, 2.24) is 10.6 Å². The van der Waals surface area contributed by atoms with Gasteiger partial charge in [0.05, 0.1) is 19.3 Å². The van der Waals surface area contributed by atoms with Crippen LogP contribution < -0.4 is 15.4 Å². The van der Waals surface area contributed by atoms with Crippen molar-refractivity contribution in [3.63, 3.8) is 0 Å². The van der Waals surface area contributed by atoms with E-state index in [9.17, 15) is 8.78 Å². The minimum atomic E-state index is -0.713. The molecule has 1 unspecified atom stereocenters. The smallest absolute Gasteiger partial charge is 0.191 e. The average molecular weight is 357 g/mol. The van der Waals surface area contributed by atoms with E-state index in [1.165, 1.54) is 6.07 Å². The molecule has 1 heterocycles. The van der Waals surface area contributed by atoms with Gasteiger partial charge in [0.15, 0.2) is 17.5 Å². The maximum absolute atomic E-state index is 13.4. The molecular formula is C17H25F2N3O3. The Kier molecular flexibility index (Phi) is 8.41. The Bertz CT molecular complexity index is 552. The van der Waals surface area contributed by atoms with Gasteiger partial charge in [-0.2, -0.15) is 0 Å². The molecule has 0 aliphatic carbocycles. The van der Waals surface area contributed by atoms with E-state index in [1.54, 1.807) is 7.05 Å². The Morgan fingerprint density at radius 1 is 1.28 bits per heavy atom. The maximum atomic E-state index is 13.4. The molecular weight excluding hydrogens is 332 g/mol. The van der Waals surface area contributed by atoms with Gasteiger partial charge in [-0.3, -0.25) is 4.99 Å². The van der Waals surface area contributed by atoms with Crippen LogP contribution >= 0.6 is 0 Å². The minimum Gasteiger partial charge on any atom is -0.489 e. The Balaban J connectivity index is 1.54. The van der Waals surface area contributed by atoms with Crippen LogP contribution in [-0.2, 0) is 9.47 Å². The summed E-state index contributed by atoms with van der Waals surface area (Å²) in [4.78, 5) is 4.09. The molecule has 25 heavy (non-hydrogen) atoms. The van der Waals surface area contributed by atoms with Gasteiger partial charge in [-0.25, -0.2) is 8.78 Å². The molecule has 8 heteroatoms. The SMILES string of the molecule is CN=C(NCCCOC1CCOC1)NCCOc1ccc(F)cc1F. The topological polar surface area (TPSA) is 64.1 Å². The lowest BCUT2D eigenvalue weighted by molar-refractivity contribution is 0.0420. The summed E-state index contributed by atoms with van der Waals surface area (Å²) in [5, 5.41) is 6.22. The van der Waals surface area contributed by atoms with Crippen molar-refractivity contribution < 1.29 is 23.0 Å². The first-order chi connectivity index (χ1) is 12.2. The third-order valence-electron chi connectivity index (χ3n) is 3.62. The van der Waals surface area contributed by atoms with Crippen LogP contribution in [0.25, 0.3) is 0 Å². The number of halogens is 2. The van der Waals surface area contributed by atoms with Crippen LogP contribution in [-0.4, -0.2) is 58.6 Å². The average Bonchev–Trinajstić information content (AvgIpc) is 3.11. The summed E-state index contributed by atoms with van der Waals surface area (Å²) in [6, 6.07) is 3.22. The first-order valence-electron chi connectivity index (χ1n) is 8.40. The zero-order valence-corrected chi connectivity index (χ0v) is 14.4. The summed E-state index contributed by atoms with van der Waals surface area (Å²) < 4.78 is 42.4. The third-order valence-corrected chi connectivity index (χ3v) is 3.62. The highest BCUT2D eigenvalue weighted by atomic mass is 19.1. The van der Waals surface area contributed by atoms with Gasteiger partial charge in [0.2, 0.25) is 0 Å². The standard InChI is InChI=1S/C17H25F2N3O3/c1-20-17(21-6-2-8-24-14-5-9-23-12-14)22-7-10-25-16-4-3-13(18)11-15(16)19/h3-4,11,14H,2,5-10,12H2,1H3,(H2,20,21,22). The number of aliphatic imine (C=N–C) groups is 1. The molecule has 1 saturated heterocycles. The maximum Gasteiger partial charge on any atom is 0.191 e. The number of hydrogen-bond donors (Lipinski definition) is 2. The Morgan fingerprint density at radius 2 is 2.12 bits per heavy atom. The van der Waals surface area contributed by atoms with Crippen LogP contribution in [0.15, 0.2) is 23.2 Å². The number of nitrogens with zero attached hydrogens (tertiary/aromatic N) is 1. The van der Waals surface area contributed by atoms with E-state index in [1.807, 2.05) is 0 Å². The van der Waals surface area contributed by atoms with E-state index < -0.39 is 11.6 Å². The third kappa shape index (κ3) is 7.23. The Hall–Kier alpha value is -1.93. The number of ether oxygens (including phenoxy) is 3. The zero-order chi connectivity index (χ0) is 17.9. The van der Waals surface area contributed by atoms with Crippen LogP contribution in [0.5, 0.6) is 5.75 Å². The second-order valence-corrected chi connectivity index (χ2v) is 5.56. The van der Waals surface area contributed by atoms with Crippen molar-refractivity contribution in [2.75, 3.05) is 46.6 Å². The number of nitrogens with one attached hydrogen (secondary N) is 2. The van der Waals surface area contributed by atoms with Crippen LogP contribution in [0.3, 0.4) is 0 Å². The van der Waals surface area contributed by atoms with Gasteiger partial charge in [-0.05, 0) is 25.0 Å². The number of hydrogen-bond acceptors (Lipinski definition) is 4. The molecule has 1 aromatic rings. The second kappa shape index (κ2) is 10.8. The summed E-state index contributed by atoms with van der Waals surface area (Å²) in [6.45, 7) is 3.53. The highest BCUT2D eigenvalue weighted by molar-refractivity contribution is 5.79. The van der Waals surface area contributed by atoms with Crippen molar-refractivity contribution in [1.29, 1.82) is 0 Å². The highest BCUT2D eigenvalue weighted by Crippen LogP contribution is 2.17. The lowest BCUT2D eigenvalue weighted by Gasteiger charge is -2.13. The van der Waals surface area contributed by atoms with Gasteiger partial charge in [-0.1, -0.05) is 0 Å². The first-order valence-corrected chi connectivity index (χ1v) is 8.40. The van der Waals surface area contributed by atoms with Gasteiger partial charge in [0.25, 0.3) is 0 Å². The van der Waals surface area contributed by atoms with Crippen molar-refractivity contribution in [3.8, 4) is 5.75 Å². The summed E-state index contributed by atoms with van der Waals surface area (Å²) in [6.07, 6.45) is 2.04. The van der Waals surface area contributed by atoms with Gasteiger partial charge in [0.1, 0.15) is 12.4 Å². The molecule has 0 bridgehead atoms. The molecule has 2 N–H and O–H groups in total. The van der Waals surface area contributed by atoms with Gasteiger partial charge in [0, 0.05) is 32.9 Å². The summed E-state index contributed by atoms with van der Waals surface area (Å²) >= 11 is 0. The Morgan fingerprint density at radius 3 is 2.84 bits per heavy atom. The highest BCUT2D eigenvalue weighted by Gasteiger charge is 2.15. The van der Waals surface area contributed by atoms with E-state index in [-0.39, 0.29) is 18.5 Å². The normalized spacial score (nSPS) is 17.6. The molecule has 1 aliphatic heterocycles. The molecule has 6 nitrogen and oxygen atoms in total. The molecule has 140 valence electrons. The van der Waals surface area contributed by atoms with E-state index in [2.05, 4.69) is 15.6 Å². The molecule has 1 atom stereocenters. The van der Waals surface area contributed by atoms with E-state index in [0.29, 0.717) is 25.7 Å². The lowest BCUT2D eigenvalue weighted by atomic mass is 10.3. The molecule has 1 fully saturated rings. The van der Waals surface area contributed by atoms with Gasteiger partial charge < -0.3 is 24.8 Å². The molecule has 0 amide bonds. The Labute approximate surface area is 146 Å². The predicted molar refractivity (Wildman–Crippen MR) is 91.0 cm³/mol. The van der Waals surface area contributed by atoms with Gasteiger partial charge in [-0.15, -0.1) is 0 Å². The number of benzene rings is 1. The fraction of sp³-hybridized carbons (Fsp3) is 0.588. The predicted octanol–water partition coefficient (Wildman–Crippen LogP) is 1.70.